The number of aliphatic carboxylic acids is 1. The normalized spacial score (nSPS) is 23.6. The van der Waals surface area contributed by atoms with Crippen LogP contribution in [0, 0.1) is 18.8 Å². The molecule has 0 aromatic heterocycles. The molecule has 134 valence electrons. The van der Waals surface area contributed by atoms with Gasteiger partial charge in [0.2, 0.25) is 5.91 Å². The summed E-state index contributed by atoms with van der Waals surface area (Å²) < 4.78 is 0. The number of carboxylic acids is 1. The van der Waals surface area contributed by atoms with Crippen LogP contribution in [0.4, 0.5) is 5.69 Å². The van der Waals surface area contributed by atoms with Gasteiger partial charge in [0, 0.05) is 36.9 Å². The molecule has 2 unspecified atom stereocenters. The minimum Gasteiger partial charge on any atom is -0.481 e. The third kappa shape index (κ3) is 3.82. The van der Waals surface area contributed by atoms with Gasteiger partial charge in [0.15, 0.2) is 0 Å². The second kappa shape index (κ2) is 7.48. The van der Waals surface area contributed by atoms with E-state index >= 15 is 0 Å². The molecule has 6 heteroatoms. The number of amides is 1. The number of benzene rings is 1. The van der Waals surface area contributed by atoms with Crippen molar-refractivity contribution in [1.29, 1.82) is 0 Å². The van der Waals surface area contributed by atoms with E-state index in [9.17, 15) is 14.7 Å². The smallest absolute Gasteiger partial charge is 0.307 e. The molecule has 1 N–H and O–H groups in total. The average Bonchev–Trinajstić information content (AvgIpc) is 2.63. The van der Waals surface area contributed by atoms with Gasteiger partial charge in [-0.1, -0.05) is 29.8 Å². The second-order valence-corrected chi connectivity index (χ2v) is 7.17. The fourth-order valence-corrected chi connectivity index (χ4v) is 3.85. The Morgan fingerprint density at radius 2 is 1.72 bits per heavy atom. The van der Waals surface area contributed by atoms with Gasteiger partial charge in [-0.2, -0.15) is 0 Å². The molecule has 1 saturated heterocycles. The van der Waals surface area contributed by atoms with Crippen molar-refractivity contribution >= 4 is 29.2 Å². The van der Waals surface area contributed by atoms with Crippen molar-refractivity contribution in [3.05, 3.63) is 40.9 Å². The van der Waals surface area contributed by atoms with Crippen LogP contribution in [0.15, 0.2) is 30.4 Å². The van der Waals surface area contributed by atoms with Gasteiger partial charge < -0.3 is 14.9 Å². The van der Waals surface area contributed by atoms with Crippen molar-refractivity contribution in [3.63, 3.8) is 0 Å². The molecule has 2 atom stereocenters. The Hall–Kier alpha value is -2.01. The van der Waals surface area contributed by atoms with Crippen molar-refractivity contribution < 1.29 is 14.7 Å². The molecule has 1 aromatic carbocycles. The van der Waals surface area contributed by atoms with E-state index < -0.39 is 17.8 Å². The number of hydrogen-bond acceptors (Lipinski definition) is 3. The van der Waals surface area contributed by atoms with Crippen molar-refractivity contribution in [2.75, 3.05) is 31.1 Å². The molecule has 2 aliphatic rings. The van der Waals surface area contributed by atoms with E-state index in [4.69, 9.17) is 11.6 Å². The number of rotatable bonds is 3. The van der Waals surface area contributed by atoms with Crippen molar-refractivity contribution in [2.24, 2.45) is 11.8 Å². The van der Waals surface area contributed by atoms with Crippen LogP contribution in [0.5, 0.6) is 0 Å². The van der Waals surface area contributed by atoms with Crippen molar-refractivity contribution in [1.82, 2.24) is 4.90 Å². The summed E-state index contributed by atoms with van der Waals surface area (Å²) in [6.45, 7) is 4.73. The summed E-state index contributed by atoms with van der Waals surface area (Å²) in [6.07, 6.45) is 4.74. The highest BCUT2D eigenvalue weighted by molar-refractivity contribution is 6.30. The zero-order valence-corrected chi connectivity index (χ0v) is 15.1. The van der Waals surface area contributed by atoms with E-state index in [2.05, 4.69) is 11.8 Å². The molecule has 1 heterocycles. The standard InChI is InChI=1S/C19H23ClN2O3/c1-13-6-7-14(20)12-17(13)21-8-10-22(11-9-21)18(23)15-4-2-3-5-16(15)19(24)25/h2-3,6-7,12,15-16H,4-5,8-11H2,1H3,(H,24,25). The van der Waals surface area contributed by atoms with Crippen LogP contribution in [0.3, 0.4) is 0 Å². The maximum absolute atomic E-state index is 12.8. The molecule has 1 amide bonds. The van der Waals surface area contributed by atoms with Crippen LogP contribution in [-0.2, 0) is 9.59 Å². The Kier molecular flexibility index (Phi) is 5.33. The Labute approximate surface area is 152 Å². The third-order valence-electron chi connectivity index (χ3n) is 5.17. The van der Waals surface area contributed by atoms with Gasteiger partial charge in [0.05, 0.1) is 11.8 Å². The molecular weight excluding hydrogens is 340 g/mol. The van der Waals surface area contributed by atoms with Gasteiger partial charge in [0.25, 0.3) is 0 Å². The minimum absolute atomic E-state index is 0.0285. The molecule has 1 aliphatic heterocycles. The van der Waals surface area contributed by atoms with E-state index in [1.807, 2.05) is 35.3 Å². The molecule has 1 fully saturated rings. The number of carbonyl (C=O) groups is 2. The molecular formula is C19H23ClN2O3. The summed E-state index contributed by atoms with van der Waals surface area (Å²) >= 11 is 6.11. The van der Waals surface area contributed by atoms with Crippen LogP contribution in [0.2, 0.25) is 5.02 Å². The molecule has 0 spiro atoms. The fraction of sp³-hybridized carbons (Fsp3) is 0.474. The summed E-state index contributed by atoms with van der Waals surface area (Å²) in [5.41, 5.74) is 2.26. The predicted molar refractivity (Wildman–Crippen MR) is 98.0 cm³/mol. The Morgan fingerprint density at radius 1 is 1.08 bits per heavy atom. The molecule has 3 rings (SSSR count). The van der Waals surface area contributed by atoms with Crippen LogP contribution < -0.4 is 4.90 Å². The summed E-state index contributed by atoms with van der Waals surface area (Å²) in [5.74, 6) is -1.96. The van der Waals surface area contributed by atoms with Crippen molar-refractivity contribution in [3.8, 4) is 0 Å². The molecule has 0 saturated carbocycles. The highest BCUT2D eigenvalue weighted by Crippen LogP contribution is 2.29. The number of carboxylic acid groups (broad SMARTS) is 1. The van der Waals surface area contributed by atoms with E-state index in [-0.39, 0.29) is 5.91 Å². The van der Waals surface area contributed by atoms with E-state index in [0.29, 0.717) is 31.0 Å². The lowest BCUT2D eigenvalue weighted by atomic mass is 9.82. The Balaban J connectivity index is 1.65. The number of nitrogens with zero attached hydrogens (tertiary/aromatic N) is 2. The highest BCUT2D eigenvalue weighted by Gasteiger charge is 2.37. The van der Waals surface area contributed by atoms with Gasteiger partial charge >= 0.3 is 5.97 Å². The number of allylic oxidation sites excluding steroid dienone is 2. The highest BCUT2D eigenvalue weighted by atomic mass is 35.5. The van der Waals surface area contributed by atoms with Gasteiger partial charge in [-0.25, -0.2) is 0 Å². The number of aryl methyl sites for hydroxylation is 1. The largest absolute Gasteiger partial charge is 0.481 e. The van der Waals surface area contributed by atoms with Gasteiger partial charge in [0.1, 0.15) is 0 Å². The van der Waals surface area contributed by atoms with Crippen LogP contribution >= 0.6 is 11.6 Å². The summed E-state index contributed by atoms with van der Waals surface area (Å²) in [5, 5.41) is 10.1. The molecule has 25 heavy (non-hydrogen) atoms. The van der Waals surface area contributed by atoms with Gasteiger partial charge in [-0.05, 0) is 37.5 Å². The summed E-state index contributed by atoms with van der Waals surface area (Å²) in [7, 11) is 0. The lowest BCUT2D eigenvalue weighted by Crippen LogP contribution is -2.52. The topological polar surface area (TPSA) is 60.9 Å². The Bertz CT molecular complexity index is 696. The monoisotopic (exact) mass is 362 g/mol. The van der Waals surface area contributed by atoms with Gasteiger partial charge in [-0.15, -0.1) is 0 Å². The minimum atomic E-state index is -0.879. The van der Waals surface area contributed by atoms with Crippen LogP contribution in [-0.4, -0.2) is 48.1 Å². The van der Waals surface area contributed by atoms with Crippen LogP contribution in [0.1, 0.15) is 18.4 Å². The molecule has 5 nitrogen and oxygen atoms in total. The number of carbonyl (C=O) groups excluding carboxylic acids is 1. The first-order valence-electron chi connectivity index (χ1n) is 8.65. The maximum Gasteiger partial charge on any atom is 0.307 e. The maximum atomic E-state index is 12.8. The number of hydrogen-bond donors (Lipinski definition) is 1. The average molecular weight is 363 g/mol. The van der Waals surface area contributed by atoms with Crippen molar-refractivity contribution in [2.45, 2.75) is 19.8 Å². The van der Waals surface area contributed by atoms with E-state index in [0.717, 1.165) is 24.3 Å². The number of halogens is 1. The third-order valence-corrected chi connectivity index (χ3v) is 5.41. The number of anilines is 1. The quantitative estimate of drug-likeness (QED) is 0.840. The zero-order valence-electron chi connectivity index (χ0n) is 14.3. The summed E-state index contributed by atoms with van der Waals surface area (Å²) in [4.78, 5) is 28.3. The molecule has 0 bridgehead atoms. The predicted octanol–water partition coefficient (Wildman–Crippen LogP) is 2.96. The summed E-state index contributed by atoms with van der Waals surface area (Å²) in [6, 6.07) is 5.84. The van der Waals surface area contributed by atoms with E-state index in [1.165, 1.54) is 0 Å². The molecule has 1 aromatic rings. The van der Waals surface area contributed by atoms with E-state index in [1.54, 1.807) is 0 Å². The van der Waals surface area contributed by atoms with Gasteiger partial charge in [-0.3, -0.25) is 9.59 Å². The second-order valence-electron chi connectivity index (χ2n) is 6.74. The number of piperazine rings is 1. The first-order chi connectivity index (χ1) is 12.0. The SMILES string of the molecule is Cc1ccc(Cl)cc1N1CCN(C(=O)C2CC=CCC2C(=O)O)CC1. The fourth-order valence-electron chi connectivity index (χ4n) is 3.69. The first kappa shape index (κ1) is 17.8. The zero-order chi connectivity index (χ0) is 18.0. The lowest BCUT2D eigenvalue weighted by Gasteiger charge is -2.39. The lowest BCUT2D eigenvalue weighted by molar-refractivity contribution is -0.150. The Morgan fingerprint density at radius 3 is 2.36 bits per heavy atom. The first-order valence-corrected chi connectivity index (χ1v) is 9.03. The van der Waals surface area contributed by atoms with Crippen LogP contribution in [0.25, 0.3) is 0 Å². The molecule has 0 radical (unpaired) electrons. The molecule has 1 aliphatic carbocycles.